The van der Waals surface area contributed by atoms with Gasteiger partial charge in [0.25, 0.3) is 5.91 Å². The van der Waals surface area contributed by atoms with Gasteiger partial charge in [-0.1, -0.05) is 30.3 Å². The third-order valence-corrected chi connectivity index (χ3v) is 2.21. The number of carbonyl (C=O) groups is 1. The van der Waals surface area contributed by atoms with E-state index in [9.17, 15) is 4.79 Å². The van der Waals surface area contributed by atoms with E-state index in [2.05, 4.69) is 0 Å². The van der Waals surface area contributed by atoms with Crippen LogP contribution in [0.2, 0.25) is 0 Å². The van der Waals surface area contributed by atoms with Gasteiger partial charge in [-0.15, -0.1) is 0 Å². The van der Waals surface area contributed by atoms with Crippen molar-refractivity contribution in [2.24, 2.45) is 0 Å². The molecule has 0 spiro atoms. The molecular weight excluding hydrogens is 182 g/mol. The smallest absolute Gasteiger partial charge is 0.260 e. The van der Waals surface area contributed by atoms with Crippen molar-refractivity contribution >= 4 is 5.91 Å². The molecule has 0 aromatic heterocycles. The Labute approximate surface area is 81.7 Å². The average molecular weight is 193 g/mol. The molecule has 1 saturated heterocycles. The number of hydrogen-bond acceptors (Lipinski definition) is 3. The highest BCUT2D eigenvalue weighted by molar-refractivity contribution is 5.83. The summed E-state index contributed by atoms with van der Waals surface area (Å²) in [6.07, 6.45) is -0.552. The Kier molecular flexibility index (Phi) is 2.47. The highest BCUT2D eigenvalue weighted by Gasteiger charge is 2.32. The van der Waals surface area contributed by atoms with Gasteiger partial charge in [-0.2, -0.15) is 0 Å². The van der Waals surface area contributed by atoms with E-state index in [4.69, 9.17) is 9.84 Å². The molecule has 1 N–H and O–H groups in total. The van der Waals surface area contributed by atoms with Gasteiger partial charge in [0.15, 0.2) is 6.10 Å². The lowest BCUT2D eigenvalue weighted by Gasteiger charge is -2.09. The molecule has 0 unspecified atom stereocenters. The molecule has 1 fully saturated rings. The first-order chi connectivity index (χ1) is 6.83. The number of carbonyl (C=O) groups excluding carboxylic acids is 1. The highest BCUT2D eigenvalue weighted by atomic mass is 16.5. The molecule has 1 atom stereocenters. The molecule has 1 amide bonds. The van der Waals surface area contributed by atoms with Gasteiger partial charge in [0.1, 0.15) is 13.5 Å². The fourth-order valence-corrected chi connectivity index (χ4v) is 1.44. The molecule has 1 heterocycles. The summed E-state index contributed by atoms with van der Waals surface area (Å²) in [5, 5.41) is 8.83. The minimum absolute atomic E-state index is 0.162. The van der Waals surface area contributed by atoms with Crippen molar-refractivity contribution < 1.29 is 14.6 Å². The van der Waals surface area contributed by atoms with E-state index in [0.29, 0.717) is 0 Å². The molecule has 74 valence electrons. The standard InChI is InChI=1S/C10H11NO3/c12-6-11-7-14-9(10(11)13)8-4-2-1-3-5-8/h1-5,9,12H,6-7H2/t9-/m1/s1. The number of aliphatic hydroxyl groups is 1. The first-order valence-electron chi connectivity index (χ1n) is 4.39. The van der Waals surface area contributed by atoms with Crippen LogP contribution in [0.1, 0.15) is 11.7 Å². The first-order valence-corrected chi connectivity index (χ1v) is 4.39. The molecule has 1 aliphatic rings. The van der Waals surface area contributed by atoms with E-state index in [1.807, 2.05) is 30.3 Å². The summed E-state index contributed by atoms with van der Waals surface area (Å²) in [6.45, 7) is -0.128. The number of amides is 1. The molecule has 1 aliphatic heterocycles. The number of nitrogens with zero attached hydrogens (tertiary/aromatic N) is 1. The highest BCUT2D eigenvalue weighted by Crippen LogP contribution is 2.24. The molecular formula is C10H11NO3. The zero-order valence-corrected chi connectivity index (χ0v) is 7.59. The van der Waals surface area contributed by atoms with E-state index in [-0.39, 0.29) is 19.4 Å². The Morgan fingerprint density at radius 1 is 1.43 bits per heavy atom. The topological polar surface area (TPSA) is 49.8 Å². The second-order valence-electron chi connectivity index (χ2n) is 3.11. The van der Waals surface area contributed by atoms with Crippen molar-refractivity contribution in [3.8, 4) is 0 Å². The largest absolute Gasteiger partial charge is 0.376 e. The fourth-order valence-electron chi connectivity index (χ4n) is 1.44. The van der Waals surface area contributed by atoms with Crippen LogP contribution >= 0.6 is 0 Å². The lowest BCUT2D eigenvalue weighted by atomic mass is 10.1. The van der Waals surface area contributed by atoms with Crippen molar-refractivity contribution in [1.82, 2.24) is 4.90 Å². The average Bonchev–Trinajstić information content (AvgIpc) is 2.61. The Hall–Kier alpha value is -1.39. The minimum Gasteiger partial charge on any atom is -0.376 e. The van der Waals surface area contributed by atoms with Crippen LogP contribution in [-0.2, 0) is 9.53 Å². The van der Waals surface area contributed by atoms with Crippen LogP contribution in [0.4, 0.5) is 0 Å². The van der Waals surface area contributed by atoms with E-state index < -0.39 is 6.10 Å². The minimum atomic E-state index is -0.552. The van der Waals surface area contributed by atoms with Crippen LogP contribution < -0.4 is 0 Å². The maximum Gasteiger partial charge on any atom is 0.260 e. The van der Waals surface area contributed by atoms with Gasteiger partial charge in [-0.05, 0) is 5.56 Å². The van der Waals surface area contributed by atoms with E-state index in [1.54, 1.807) is 0 Å². The second-order valence-corrected chi connectivity index (χ2v) is 3.11. The third-order valence-electron chi connectivity index (χ3n) is 2.21. The maximum atomic E-state index is 11.6. The molecule has 1 aromatic carbocycles. The van der Waals surface area contributed by atoms with Gasteiger partial charge in [-0.25, -0.2) is 0 Å². The first kappa shape index (κ1) is 9.18. The van der Waals surface area contributed by atoms with Crippen LogP contribution in [0.3, 0.4) is 0 Å². The van der Waals surface area contributed by atoms with Crippen LogP contribution in [0.15, 0.2) is 30.3 Å². The molecule has 0 radical (unpaired) electrons. The van der Waals surface area contributed by atoms with E-state index >= 15 is 0 Å². The SMILES string of the molecule is O=C1[C@@H](c2ccccc2)OCN1CO. The quantitative estimate of drug-likeness (QED) is 0.743. The van der Waals surface area contributed by atoms with Crippen LogP contribution in [0.25, 0.3) is 0 Å². The summed E-state index contributed by atoms with van der Waals surface area (Å²) in [7, 11) is 0. The Morgan fingerprint density at radius 2 is 2.14 bits per heavy atom. The zero-order chi connectivity index (χ0) is 9.97. The lowest BCUT2D eigenvalue weighted by Crippen LogP contribution is -2.27. The summed E-state index contributed by atoms with van der Waals surface area (Å²) in [4.78, 5) is 12.8. The maximum absolute atomic E-state index is 11.6. The van der Waals surface area contributed by atoms with Gasteiger partial charge >= 0.3 is 0 Å². The molecule has 4 heteroatoms. The molecule has 4 nitrogen and oxygen atoms in total. The summed E-state index contributed by atoms with van der Waals surface area (Å²) in [6, 6.07) is 9.26. The predicted molar refractivity (Wildman–Crippen MR) is 49.1 cm³/mol. The van der Waals surface area contributed by atoms with Gasteiger partial charge in [0.2, 0.25) is 0 Å². The van der Waals surface area contributed by atoms with Crippen molar-refractivity contribution in [3.05, 3.63) is 35.9 Å². The number of rotatable bonds is 2. The van der Waals surface area contributed by atoms with Gasteiger partial charge in [0.05, 0.1) is 0 Å². The van der Waals surface area contributed by atoms with Crippen molar-refractivity contribution in [3.63, 3.8) is 0 Å². The van der Waals surface area contributed by atoms with Gasteiger partial charge in [-0.3, -0.25) is 9.69 Å². The number of benzene rings is 1. The Balaban J connectivity index is 2.18. The predicted octanol–water partition coefficient (Wildman–Crippen LogP) is 0.494. The van der Waals surface area contributed by atoms with E-state index in [0.717, 1.165) is 5.56 Å². The van der Waals surface area contributed by atoms with Crippen LogP contribution in [-0.4, -0.2) is 29.4 Å². The fraction of sp³-hybridized carbons (Fsp3) is 0.300. The molecule has 0 bridgehead atoms. The summed E-state index contributed by atoms with van der Waals surface area (Å²) < 4.78 is 5.27. The molecule has 2 rings (SSSR count). The third kappa shape index (κ3) is 1.49. The summed E-state index contributed by atoms with van der Waals surface area (Å²) >= 11 is 0. The molecule has 0 saturated carbocycles. The van der Waals surface area contributed by atoms with Crippen molar-refractivity contribution in [2.45, 2.75) is 6.10 Å². The second kappa shape index (κ2) is 3.77. The monoisotopic (exact) mass is 193 g/mol. The Bertz CT molecular complexity index is 325. The lowest BCUT2D eigenvalue weighted by molar-refractivity contribution is -0.132. The molecule has 1 aromatic rings. The van der Waals surface area contributed by atoms with Crippen LogP contribution in [0, 0.1) is 0 Å². The van der Waals surface area contributed by atoms with Gasteiger partial charge in [0, 0.05) is 0 Å². The summed E-state index contributed by atoms with van der Waals surface area (Å²) in [5.74, 6) is -0.182. The number of ether oxygens (including phenoxy) is 1. The molecule has 14 heavy (non-hydrogen) atoms. The molecule has 0 aliphatic carbocycles. The van der Waals surface area contributed by atoms with Gasteiger partial charge < -0.3 is 9.84 Å². The number of hydrogen-bond donors (Lipinski definition) is 1. The van der Waals surface area contributed by atoms with Crippen LogP contribution in [0.5, 0.6) is 0 Å². The van der Waals surface area contributed by atoms with Crippen molar-refractivity contribution in [2.75, 3.05) is 13.5 Å². The Morgan fingerprint density at radius 3 is 2.71 bits per heavy atom. The normalized spacial score (nSPS) is 21.6. The van der Waals surface area contributed by atoms with E-state index in [1.165, 1.54) is 4.90 Å². The zero-order valence-electron chi connectivity index (χ0n) is 7.59. The number of aliphatic hydroxyl groups excluding tert-OH is 1. The van der Waals surface area contributed by atoms with Crippen molar-refractivity contribution in [1.29, 1.82) is 0 Å². The summed E-state index contributed by atoms with van der Waals surface area (Å²) in [5.41, 5.74) is 0.827.